The van der Waals surface area contributed by atoms with Crippen molar-refractivity contribution >= 4 is 28.1 Å². The summed E-state index contributed by atoms with van der Waals surface area (Å²) in [4.78, 5) is 19.7. The first kappa shape index (κ1) is 16.4. The Bertz CT molecular complexity index is 799. The topological polar surface area (TPSA) is 33.2 Å². The summed E-state index contributed by atoms with van der Waals surface area (Å²) in [5, 5.41) is 2.69. The SMILES string of the molecule is CCC(C(=O)N(c1ccccc1)c1nc(C)cs1)c1ccccc1. The van der Waals surface area contributed by atoms with Crippen molar-refractivity contribution in [2.24, 2.45) is 0 Å². The third-order valence-corrected chi connectivity index (χ3v) is 4.88. The van der Waals surface area contributed by atoms with Crippen LogP contribution in [0.15, 0.2) is 66.0 Å². The number of hydrogen-bond donors (Lipinski definition) is 0. The van der Waals surface area contributed by atoms with Crippen molar-refractivity contribution in [3.05, 3.63) is 77.3 Å². The quantitative estimate of drug-likeness (QED) is 0.632. The largest absolute Gasteiger partial charge is 0.273 e. The summed E-state index contributed by atoms with van der Waals surface area (Å²) >= 11 is 1.50. The maximum atomic E-state index is 13.4. The van der Waals surface area contributed by atoms with Crippen LogP contribution in [0.1, 0.15) is 30.5 Å². The van der Waals surface area contributed by atoms with Gasteiger partial charge in [-0.25, -0.2) is 4.98 Å². The highest BCUT2D eigenvalue weighted by Crippen LogP contribution is 2.33. The molecular weight excluding hydrogens is 316 g/mol. The van der Waals surface area contributed by atoms with Gasteiger partial charge in [0.05, 0.1) is 17.3 Å². The molecule has 0 saturated heterocycles. The van der Waals surface area contributed by atoms with Crippen LogP contribution in [-0.2, 0) is 4.79 Å². The molecule has 24 heavy (non-hydrogen) atoms. The molecular formula is C20H20N2OS. The number of carbonyl (C=O) groups is 1. The van der Waals surface area contributed by atoms with Crippen LogP contribution in [-0.4, -0.2) is 10.9 Å². The number of thiazole rings is 1. The molecule has 2 aromatic carbocycles. The van der Waals surface area contributed by atoms with Crippen molar-refractivity contribution in [2.45, 2.75) is 26.2 Å². The summed E-state index contributed by atoms with van der Waals surface area (Å²) in [7, 11) is 0. The molecule has 0 bridgehead atoms. The van der Waals surface area contributed by atoms with Crippen LogP contribution < -0.4 is 4.90 Å². The number of carbonyl (C=O) groups excluding carboxylic acids is 1. The summed E-state index contributed by atoms with van der Waals surface area (Å²) < 4.78 is 0. The molecule has 3 rings (SSSR count). The zero-order valence-electron chi connectivity index (χ0n) is 13.8. The van der Waals surface area contributed by atoms with Crippen molar-refractivity contribution in [1.82, 2.24) is 4.98 Å². The molecule has 0 radical (unpaired) electrons. The van der Waals surface area contributed by atoms with Gasteiger partial charge in [-0.2, -0.15) is 0 Å². The normalized spacial score (nSPS) is 11.9. The second-order valence-corrected chi connectivity index (χ2v) is 6.49. The maximum Gasteiger partial charge on any atom is 0.240 e. The lowest BCUT2D eigenvalue weighted by Crippen LogP contribution is -2.31. The van der Waals surface area contributed by atoms with Crippen LogP contribution in [0, 0.1) is 6.92 Å². The van der Waals surface area contributed by atoms with E-state index in [1.807, 2.05) is 79.9 Å². The average molecular weight is 336 g/mol. The highest BCUT2D eigenvalue weighted by atomic mass is 32.1. The molecule has 0 fully saturated rings. The smallest absolute Gasteiger partial charge is 0.240 e. The minimum Gasteiger partial charge on any atom is -0.273 e. The molecule has 1 atom stereocenters. The van der Waals surface area contributed by atoms with Crippen LogP contribution in [0.3, 0.4) is 0 Å². The van der Waals surface area contributed by atoms with Gasteiger partial charge < -0.3 is 0 Å². The van der Waals surface area contributed by atoms with Gasteiger partial charge in [0, 0.05) is 5.38 Å². The van der Waals surface area contributed by atoms with E-state index in [0.717, 1.165) is 28.5 Å². The minimum absolute atomic E-state index is 0.0595. The van der Waals surface area contributed by atoms with Gasteiger partial charge in [0.1, 0.15) is 0 Å². The van der Waals surface area contributed by atoms with Gasteiger partial charge in [-0.1, -0.05) is 55.5 Å². The van der Waals surface area contributed by atoms with E-state index in [4.69, 9.17) is 0 Å². The van der Waals surface area contributed by atoms with Crippen LogP contribution in [0.5, 0.6) is 0 Å². The number of benzene rings is 2. The number of aryl methyl sites for hydroxylation is 1. The van der Waals surface area contributed by atoms with E-state index < -0.39 is 0 Å². The molecule has 0 N–H and O–H groups in total. The summed E-state index contributed by atoms with van der Waals surface area (Å²) in [6, 6.07) is 19.7. The third-order valence-electron chi connectivity index (χ3n) is 3.94. The number of anilines is 2. The lowest BCUT2D eigenvalue weighted by Gasteiger charge is -2.25. The van der Waals surface area contributed by atoms with Crippen LogP contribution in [0.25, 0.3) is 0 Å². The van der Waals surface area contributed by atoms with Crippen LogP contribution >= 0.6 is 11.3 Å². The van der Waals surface area contributed by atoms with Crippen molar-refractivity contribution in [3.8, 4) is 0 Å². The minimum atomic E-state index is -0.185. The van der Waals surface area contributed by atoms with Gasteiger partial charge in [-0.15, -0.1) is 11.3 Å². The first-order chi connectivity index (χ1) is 11.7. The van der Waals surface area contributed by atoms with Gasteiger partial charge in [-0.3, -0.25) is 9.69 Å². The monoisotopic (exact) mass is 336 g/mol. The molecule has 122 valence electrons. The number of rotatable bonds is 5. The second kappa shape index (κ2) is 7.41. The average Bonchev–Trinajstić information content (AvgIpc) is 3.04. The highest BCUT2D eigenvalue weighted by molar-refractivity contribution is 7.14. The fourth-order valence-electron chi connectivity index (χ4n) is 2.75. The van der Waals surface area contributed by atoms with E-state index in [9.17, 15) is 4.79 Å². The molecule has 0 saturated carbocycles. The van der Waals surface area contributed by atoms with Crippen molar-refractivity contribution in [1.29, 1.82) is 0 Å². The van der Waals surface area contributed by atoms with Gasteiger partial charge in [0.25, 0.3) is 0 Å². The molecule has 4 heteroatoms. The summed E-state index contributed by atoms with van der Waals surface area (Å²) in [6.45, 7) is 3.99. The first-order valence-corrected chi connectivity index (χ1v) is 8.94. The maximum absolute atomic E-state index is 13.4. The van der Waals surface area contributed by atoms with Crippen molar-refractivity contribution in [3.63, 3.8) is 0 Å². The van der Waals surface area contributed by atoms with E-state index in [2.05, 4.69) is 4.98 Å². The Kier molecular flexibility index (Phi) is 5.06. The molecule has 0 aliphatic heterocycles. The summed E-state index contributed by atoms with van der Waals surface area (Å²) in [6.07, 6.45) is 0.747. The van der Waals surface area contributed by atoms with Crippen molar-refractivity contribution in [2.75, 3.05) is 4.90 Å². The van der Waals surface area contributed by atoms with Gasteiger partial charge in [0.15, 0.2) is 5.13 Å². The molecule has 1 unspecified atom stereocenters. The molecule has 3 aromatic rings. The summed E-state index contributed by atoms with van der Waals surface area (Å²) in [5.41, 5.74) is 2.82. The Morgan fingerprint density at radius 2 is 1.71 bits per heavy atom. The molecule has 0 spiro atoms. The second-order valence-electron chi connectivity index (χ2n) is 5.65. The Balaban J connectivity index is 2.03. The van der Waals surface area contributed by atoms with Crippen LogP contribution in [0.4, 0.5) is 10.8 Å². The molecule has 3 nitrogen and oxygen atoms in total. The van der Waals surface area contributed by atoms with Gasteiger partial charge >= 0.3 is 0 Å². The fraction of sp³-hybridized carbons (Fsp3) is 0.200. The molecule has 1 heterocycles. The van der Waals surface area contributed by atoms with Crippen molar-refractivity contribution < 1.29 is 4.79 Å². The first-order valence-electron chi connectivity index (χ1n) is 8.06. The Morgan fingerprint density at radius 3 is 2.25 bits per heavy atom. The van der Waals surface area contributed by atoms with Crippen LogP contribution in [0.2, 0.25) is 0 Å². The lowest BCUT2D eigenvalue weighted by molar-refractivity contribution is -0.119. The van der Waals surface area contributed by atoms with E-state index in [1.54, 1.807) is 4.90 Å². The number of amides is 1. The third kappa shape index (κ3) is 3.39. The van der Waals surface area contributed by atoms with Gasteiger partial charge in [-0.05, 0) is 31.0 Å². The summed E-state index contributed by atoms with van der Waals surface area (Å²) in [5.74, 6) is -0.125. The molecule has 0 aliphatic rings. The number of nitrogens with zero attached hydrogens (tertiary/aromatic N) is 2. The molecule has 1 aromatic heterocycles. The van der Waals surface area contributed by atoms with E-state index in [0.29, 0.717) is 0 Å². The Morgan fingerprint density at radius 1 is 1.08 bits per heavy atom. The van der Waals surface area contributed by atoms with Gasteiger partial charge in [0.2, 0.25) is 5.91 Å². The Labute approximate surface area is 146 Å². The number of para-hydroxylation sites is 1. The predicted molar refractivity (Wildman–Crippen MR) is 99.9 cm³/mol. The Hall–Kier alpha value is -2.46. The number of aromatic nitrogens is 1. The van der Waals surface area contributed by atoms with E-state index >= 15 is 0 Å². The fourth-order valence-corrected chi connectivity index (χ4v) is 3.57. The zero-order valence-corrected chi connectivity index (χ0v) is 14.7. The van der Waals surface area contributed by atoms with E-state index in [-0.39, 0.29) is 11.8 Å². The standard InChI is InChI=1S/C20H20N2OS/c1-3-18(16-10-6-4-7-11-16)19(23)22(17-12-8-5-9-13-17)20-21-15(2)14-24-20/h4-14,18H,3H2,1-2H3. The number of hydrogen-bond acceptors (Lipinski definition) is 3. The lowest BCUT2D eigenvalue weighted by atomic mass is 9.95. The molecule has 1 amide bonds. The predicted octanol–water partition coefficient (Wildman–Crippen LogP) is 5.31. The zero-order chi connectivity index (χ0) is 16.9. The molecule has 0 aliphatic carbocycles. The van der Waals surface area contributed by atoms with E-state index in [1.165, 1.54) is 11.3 Å². The highest BCUT2D eigenvalue weighted by Gasteiger charge is 2.28.